The van der Waals surface area contributed by atoms with E-state index in [0.29, 0.717) is 0 Å². The van der Waals surface area contributed by atoms with E-state index in [4.69, 9.17) is 5.26 Å². The number of rotatable bonds is 1. The average molecular weight is 283 g/mol. The molecular weight excluding hydrogens is 273 g/mol. The van der Waals surface area contributed by atoms with Crippen molar-refractivity contribution in [2.45, 2.75) is 25.2 Å². The molecule has 0 aliphatic heterocycles. The summed E-state index contributed by atoms with van der Waals surface area (Å²) in [5, 5.41) is 9.02. The minimum absolute atomic E-state index is 0.130. The standard InChI is InChI=1S/C11H10IN/c1-8-6-9(2-3-10(8)12)11(7-13)4-5-11/h2-3,6H,4-5H2,1H3. The summed E-state index contributed by atoms with van der Waals surface area (Å²) < 4.78 is 1.27. The Labute approximate surface area is 91.9 Å². The number of aryl methyl sites for hydroxylation is 1. The molecule has 1 aromatic carbocycles. The third-order valence-corrected chi connectivity index (χ3v) is 3.88. The third kappa shape index (κ3) is 1.46. The molecule has 1 aliphatic carbocycles. The van der Waals surface area contributed by atoms with Gasteiger partial charge in [-0.3, -0.25) is 0 Å². The van der Waals surface area contributed by atoms with Gasteiger partial charge in [-0.1, -0.05) is 12.1 Å². The van der Waals surface area contributed by atoms with Gasteiger partial charge in [-0.25, -0.2) is 0 Å². The first-order valence-corrected chi connectivity index (χ1v) is 5.44. The predicted molar refractivity (Wildman–Crippen MR) is 60.4 cm³/mol. The number of nitriles is 1. The Morgan fingerprint density at radius 2 is 2.15 bits per heavy atom. The van der Waals surface area contributed by atoms with Crippen LogP contribution >= 0.6 is 22.6 Å². The SMILES string of the molecule is Cc1cc(C2(C#N)CC2)ccc1I. The molecule has 0 saturated heterocycles. The lowest BCUT2D eigenvalue weighted by atomic mass is 9.96. The fourth-order valence-electron chi connectivity index (χ4n) is 1.53. The van der Waals surface area contributed by atoms with Crippen LogP contribution in [0.25, 0.3) is 0 Å². The van der Waals surface area contributed by atoms with E-state index in [1.54, 1.807) is 0 Å². The van der Waals surface area contributed by atoms with Crippen LogP contribution in [0.2, 0.25) is 0 Å². The van der Waals surface area contributed by atoms with E-state index < -0.39 is 0 Å². The Balaban J connectivity index is 2.44. The molecule has 0 amide bonds. The zero-order chi connectivity index (χ0) is 9.47. The molecule has 0 N–H and O–H groups in total. The van der Waals surface area contributed by atoms with Crippen molar-refractivity contribution >= 4 is 22.6 Å². The van der Waals surface area contributed by atoms with Crippen LogP contribution in [-0.2, 0) is 5.41 Å². The average Bonchev–Trinajstić information content (AvgIpc) is 2.90. The lowest BCUT2D eigenvalue weighted by Gasteiger charge is -2.07. The molecule has 1 saturated carbocycles. The van der Waals surface area contributed by atoms with Crippen molar-refractivity contribution in [2.24, 2.45) is 0 Å². The highest BCUT2D eigenvalue weighted by Gasteiger charge is 2.44. The summed E-state index contributed by atoms with van der Waals surface area (Å²) in [6, 6.07) is 8.75. The van der Waals surface area contributed by atoms with E-state index in [1.165, 1.54) is 14.7 Å². The van der Waals surface area contributed by atoms with Crippen LogP contribution in [0.15, 0.2) is 18.2 Å². The number of nitrogens with zero attached hydrogens (tertiary/aromatic N) is 1. The van der Waals surface area contributed by atoms with Crippen LogP contribution in [0, 0.1) is 21.8 Å². The summed E-state index contributed by atoms with van der Waals surface area (Å²) in [7, 11) is 0. The van der Waals surface area contributed by atoms with Crippen LogP contribution in [0.1, 0.15) is 24.0 Å². The van der Waals surface area contributed by atoms with E-state index in [-0.39, 0.29) is 5.41 Å². The van der Waals surface area contributed by atoms with Gasteiger partial charge in [-0.2, -0.15) is 5.26 Å². The van der Waals surface area contributed by atoms with Crippen LogP contribution in [0.5, 0.6) is 0 Å². The molecule has 0 aromatic heterocycles. The fourth-order valence-corrected chi connectivity index (χ4v) is 1.87. The molecule has 2 heteroatoms. The minimum Gasteiger partial charge on any atom is -0.197 e. The van der Waals surface area contributed by atoms with E-state index in [0.717, 1.165) is 12.8 Å². The molecule has 13 heavy (non-hydrogen) atoms. The molecule has 1 fully saturated rings. The molecule has 0 atom stereocenters. The van der Waals surface area contributed by atoms with Gasteiger partial charge in [0.05, 0.1) is 11.5 Å². The Kier molecular flexibility index (Phi) is 2.07. The van der Waals surface area contributed by atoms with Gasteiger partial charge in [-0.15, -0.1) is 0 Å². The van der Waals surface area contributed by atoms with E-state index in [2.05, 4.69) is 53.8 Å². The molecule has 1 aliphatic rings. The highest BCUT2D eigenvalue weighted by Crippen LogP contribution is 2.47. The minimum atomic E-state index is -0.130. The van der Waals surface area contributed by atoms with E-state index in [9.17, 15) is 0 Å². The fraction of sp³-hybridized carbons (Fsp3) is 0.364. The second-order valence-electron chi connectivity index (χ2n) is 3.66. The number of halogens is 1. The normalized spacial score (nSPS) is 17.9. The van der Waals surface area contributed by atoms with Crippen LogP contribution in [-0.4, -0.2) is 0 Å². The smallest absolute Gasteiger partial charge is 0.0823 e. The first-order chi connectivity index (χ1) is 6.18. The van der Waals surface area contributed by atoms with Crippen molar-refractivity contribution in [3.8, 4) is 6.07 Å². The second-order valence-corrected chi connectivity index (χ2v) is 4.82. The molecule has 1 nitrogen and oxygen atoms in total. The summed E-state index contributed by atoms with van der Waals surface area (Å²) in [5.41, 5.74) is 2.35. The van der Waals surface area contributed by atoms with E-state index >= 15 is 0 Å². The van der Waals surface area contributed by atoms with Crippen LogP contribution in [0.3, 0.4) is 0 Å². The van der Waals surface area contributed by atoms with Crippen LogP contribution in [0.4, 0.5) is 0 Å². The molecular formula is C11H10IN. The van der Waals surface area contributed by atoms with Gasteiger partial charge in [-0.05, 0) is 59.5 Å². The van der Waals surface area contributed by atoms with Crippen molar-refractivity contribution < 1.29 is 0 Å². The van der Waals surface area contributed by atoms with Crippen molar-refractivity contribution in [3.05, 3.63) is 32.9 Å². The Bertz CT molecular complexity index is 386. The lowest BCUT2D eigenvalue weighted by Crippen LogP contribution is -2.02. The molecule has 0 radical (unpaired) electrons. The number of benzene rings is 1. The molecule has 0 unspecified atom stereocenters. The van der Waals surface area contributed by atoms with Gasteiger partial charge in [0.25, 0.3) is 0 Å². The van der Waals surface area contributed by atoms with Crippen molar-refractivity contribution in [3.63, 3.8) is 0 Å². The second kappa shape index (κ2) is 2.98. The first kappa shape index (κ1) is 9.01. The zero-order valence-corrected chi connectivity index (χ0v) is 9.63. The molecule has 0 spiro atoms. The first-order valence-electron chi connectivity index (χ1n) is 4.36. The van der Waals surface area contributed by atoms with Gasteiger partial charge >= 0.3 is 0 Å². The quantitative estimate of drug-likeness (QED) is 0.726. The largest absolute Gasteiger partial charge is 0.197 e. The highest BCUT2D eigenvalue weighted by molar-refractivity contribution is 14.1. The number of hydrogen-bond acceptors (Lipinski definition) is 1. The summed E-state index contributed by atoms with van der Waals surface area (Å²) in [4.78, 5) is 0. The van der Waals surface area contributed by atoms with Crippen molar-refractivity contribution in [2.75, 3.05) is 0 Å². The molecule has 66 valence electrons. The summed E-state index contributed by atoms with van der Waals surface area (Å²) in [6.07, 6.45) is 2.06. The number of hydrogen-bond donors (Lipinski definition) is 0. The Hall–Kier alpha value is -0.560. The summed E-state index contributed by atoms with van der Waals surface area (Å²) >= 11 is 2.32. The van der Waals surface area contributed by atoms with Gasteiger partial charge in [0.2, 0.25) is 0 Å². The molecule has 0 heterocycles. The maximum absolute atomic E-state index is 9.02. The van der Waals surface area contributed by atoms with Gasteiger partial charge in [0, 0.05) is 3.57 Å². The van der Waals surface area contributed by atoms with Crippen LogP contribution < -0.4 is 0 Å². The van der Waals surface area contributed by atoms with Crippen molar-refractivity contribution in [1.29, 1.82) is 5.26 Å². The highest BCUT2D eigenvalue weighted by atomic mass is 127. The summed E-state index contributed by atoms with van der Waals surface area (Å²) in [6.45, 7) is 2.10. The maximum Gasteiger partial charge on any atom is 0.0823 e. The van der Waals surface area contributed by atoms with Gasteiger partial charge in [0.1, 0.15) is 0 Å². The third-order valence-electron chi connectivity index (χ3n) is 2.67. The monoisotopic (exact) mass is 283 g/mol. The lowest BCUT2D eigenvalue weighted by molar-refractivity contribution is 0.905. The topological polar surface area (TPSA) is 23.8 Å². The summed E-state index contributed by atoms with van der Waals surface area (Å²) in [5.74, 6) is 0. The van der Waals surface area contributed by atoms with Gasteiger partial charge in [0.15, 0.2) is 0 Å². The van der Waals surface area contributed by atoms with Gasteiger partial charge < -0.3 is 0 Å². The molecule has 2 rings (SSSR count). The molecule has 0 bridgehead atoms. The predicted octanol–water partition coefficient (Wildman–Crippen LogP) is 3.15. The van der Waals surface area contributed by atoms with Crippen molar-refractivity contribution in [1.82, 2.24) is 0 Å². The Morgan fingerprint density at radius 1 is 1.46 bits per heavy atom. The Morgan fingerprint density at radius 3 is 2.62 bits per heavy atom. The zero-order valence-electron chi connectivity index (χ0n) is 7.47. The maximum atomic E-state index is 9.02. The van der Waals surface area contributed by atoms with E-state index in [1.807, 2.05) is 0 Å². The molecule has 1 aromatic rings.